The predicted octanol–water partition coefficient (Wildman–Crippen LogP) is 2.59. The van der Waals surface area contributed by atoms with Crippen LogP contribution in [0.2, 0.25) is 0 Å². The molecule has 1 aliphatic rings. The van der Waals surface area contributed by atoms with E-state index in [0.29, 0.717) is 30.5 Å². The molecule has 1 fully saturated rings. The van der Waals surface area contributed by atoms with Crippen LogP contribution in [0.1, 0.15) is 24.5 Å². The minimum atomic E-state index is -3.58. The largest absolute Gasteiger partial charge is 0.497 e. The molecule has 0 spiro atoms. The average Bonchev–Trinajstić information content (AvgIpc) is 2.80. The van der Waals surface area contributed by atoms with E-state index in [9.17, 15) is 8.42 Å². The first-order valence-corrected chi connectivity index (χ1v) is 11.0. The highest BCUT2D eigenvalue weighted by Crippen LogP contribution is 2.30. The Morgan fingerprint density at radius 1 is 1.13 bits per heavy atom. The molecule has 9 nitrogen and oxygen atoms in total. The molecule has 3 heterocycles. The summed E-state index contributed by atoms with van der Waals surface area (Å²) < 4.78 is 32.8. The zero-order valence-corrected chi connectivity index (χ0v) is 17.3. The number of methoxy groups -OCH3 is 1. The van der Waals surface area contributed by atoms with E-state index in [-0.39, 0.29) is 10.8 Å². The van der Waals surface area contributed by atoms with E-state index in [1.54, 1.807) is 50.0 Å². The molecule has 0 aliphatic carbocycles. The summed E-state index contributed by atoms with van der Waals surface area (Å²) >= 11 is 0. The van der Waals surface area contributed by atoms with Crippen molar-refractivity contribution in [3.63, 3.8) is 0 Å². The van der Waals surface area contributed by atoms with Gasteiger partial charge in [0.05, 0.1) is 35.8 Å². The van der Waals surface area contributed by atoms with Crippen LogP contribution >= 0.6 is 0 Å². The number of anilines is 2. The van der Waals surface area contributed by atoms with Crippen molar-refractivity contribution in [3.05, 3.63) is 60.9 Å². The van der Waals surface area contributed by atoms with E-state index in [0.717, 1.165) is 18.5 Å². The Labute approximate surface area is 175 Å². The second-order valence-corrected chi connectivity index (χ2v) is 8.87. The van der Waals surface area contributed by atoms with E-state index >= 15 is 0 Å². The number of aromatic nitrogens is 4. The first-order chi connectivity index (χ1) is 14.6. The second-order valence-electron chi connectivity index (χ2n) is 6.93. The van der Waals surface area contributed by atoms with Crippen LogP contribution in [0.25, 0.3) is 0 Å². The molecule has 0 radical (unpaired) electrons. The van der Waals surface area contributed by atoms with Gasteiger partial charge in [0.2, 0.25) is 16.0 Å². The molecular formula is C20H22N6O3S. The van der Waals surface area contributed by atoms with E-state index < -0.39 is 10.0 Å². The van der Waals surface area contributed by atoms with Crippen LogP contribution in [0.5, 0.6) is 5.75 Å². The topological polar surface area (TPSA) is 110 Å². The molecule has 30 heavy (non-hydrogen) atoms. The molecule has 1 N–H and O–H groups in total. The number of hydrogen-bond acceptors (Lipinski definition) is 8. The van der Waals surface area contributed by atoms with Gasteiger partial charge in [-0.15, -0.1) is 0 Å². The lowest BCUT2D eigenvalue weighted by Gasteiger charge is -2.31. The Balaban J connectivity index is 1.51. The zero-order valence-electron chi connectivity index (χ0n) is 16.5. The lowest BCUT2D eigenvalue weighted by Crippen LogP contribution is -2.39. The van der Waals surface area contributed by atoms with Crippen molar-refractivity contribution in [2.75, 3.05) is 25.5 Å². The summed E-state index contributed by atoms with van der Waals surface area (Å²) in [7, 11) is -2.03. The Bertz CT molecular complexity index is 1090. The molecule has 1 aromatic carbocycles. The van der Waals surface area contributed by atoms with Crippen molar-refractivity contribution >= 4 is 21.7 Å². The number of hydrogen-bond donors (Lipinski definition) is 1. The summed E-state index contributed by atoms with van der Waals surface area (Å²) in [6.07, 6.45) is 8.01. The number of rotatable bonds is 6. The third-order valence-electron chi connectivity index (χ3n) is 4.99. The SMILES string of the molecule is COc1ccc(S(=O)(=O)N2CCC[C@H](c3ccnc(Nc4cncnc4)n3)C2)cc1. The molecule has 156 valence electrons. The molecule has 3 aromatic rings. The van der Waals surface area contributed by atoms with Crippen LogP contribution in [0.3, 0.4) is 0 Å². The van der Waals surface area contributed by atoms with Gasteiger partial charge < -0.3 is 10.1 Å². The standard InChI is InChI=1S/C20H22N6O3S/c1-29-17-4-6-18(7-5-17)30(27,28)26-10-2-3-15(13-26)19-8-9-23-20(25-19)24-16-11-21-14-22-12-16/h4-9,11-12,14-15H,2-3,10,13H2,1H3,(H,23,24,25)/t15-/m0/s1. The van der Waals surface area contributed by atoms with Gasteiger partial charge >= 0.3 is 0 Å². The van der Waals surface area contributed by atoms with E-state index in [4.69, 9.17) is 4.74 Å². The van der Waals surface area contributed by atoms with Gasteiger partial charge in [-0.25, -0.2) is 28.4 Å². The maximum atomic E-state index is 13.1. The smallest absolute Gasteiger partial charge is 0.243 e. The average molecular weight is 427 g/mol. The molecule has 1 saturated heterocycles. The van der Waals surface area contributed by atoms with Gasteiger partial charge in [0.1, 0.15) is 12.1 Å². The lowest BCUT2D eigenvalue weighted by atomic mass is 9.96. The zero-order chi connectivity index (χ0) is 21.0. The van der Waals surface area contributed by atoms with Crippen molar-refractivity contribution < 1.29 is 13.2 Å². The molecule has 4 rings (SSSR count). The van der Waals surface area contributed by atoms with Crippen molar-refractivity contribution in [2.45, 2.75) is 23.7 Å². The monoisotopic (exact) mass is 426 g/mol. The molecular weight excluding hydrogens is 404 g/mol. The van der Waals surface area contributed by atoms with Gasteiger partial charge in [0.25, 0.3) is 0 Å². The van der Waals surface area contributed by atoms with E-state index in [1.807, 2.05) is 6.07 Å². The van der Waals surface area contributed by atoms with Crippen LogP contribution in [-0.4, -0.2) is 52.9 Å². The van der Waals surface area contributed by atoms with Crippen LogP contribution in [0, 0.1) is 0 Å². The number of piperidine rings is 1. The van der Waals surface area contributed by atoms with Gasteiger partial charge in [0.15, 0.2) is 0 Å². The Hall–Kier alpha value is -3.11. The van der Waals surface area contributed by atoms with Gasteiger partial charge in [-0.05, 0) is 43.2 Å². The van der Waals surface area contributed by atoms with Crippen LogP contribution in [0.15, 0.2) is 60.1 Å². The molecule has 0 bridgehead atoms. The van der Waals surface area contributed by atoms with Crippen LogP contribution in [-0.2, 0) is 10.0 Å². The fourth-order valence-corrected chi connectivity index (χ4v) is 4.98. The van der Waals surface area contributed by atoms with Crippen molar-refractivity contribution in [2.24, 2.45) is 0 Å². The number of nitrogens with zero attached hydrogens (tertiary/aromatic N) is 5. The van der Waals surface area contributed by atoms with Crippen molar-refractivity contribution in [1.29, 1.82) is 0 Å². The maximum absolute atomic E-state index is 13.1. The molecule has 1 aliphatic heterocycles. The van der Waals surface area contributed by atoms with E-state index in [1.165, 1.54) is 10.6 Å². The van der Waals surface area contributed by atoms with Crippen molar-refractivity contribution in [3.8, 4) is 5.75 Å². The molecule has 0 amide bonds. The quantitative estimate of drug-likeness (QED) is 0.640. The van der Waals surface area contributed by atoms with Gasteiger partial charge in [-0.2, -0.15) is 4.31 Å². The first-order valence-electron chi connectivity index (χ1n) is 9.55. The highest BCUT2D eigenvalue weighted by atomic mass is 32.2. The van der Waals surface area contributed by atoms with Gasteiger partial charge in [-0.1, -0.05) is 0 Å². The summed E-state index contributed by atoms with van der Waals surface area (Å²) in [6, 6.07) is 8.30. The molecule has 10 heteroatoms. The van der Waals surface area contributed by atoms with E-state index in [2.05, 4.69) is 25.3 Å². The summed E-state index contributed by atoms with van der Waals surface area (Å²) in [5.74, 6) is 1.04. The van der Waals surface area contributed by atoms with Gasteiger partial charge in [-0.3, -0.25) is 0 Å². The fraction of sp³-hybridized carbons (Fsp3) is 0.300. The highest BCUT2D eigenvalue weighted by Gasteiger charge is 2.31. The second kappa shape index (κ2) is 8.72. The molecule has 2 aromatic heterocycles. The fourth-order valence-electron chi connectivity index (χ4n) is 3.45. The third kappa shape index (κ3) is 4.39. The Morgan fingerprint density at radius 3 is 2.63 bits per heavy atom. The third-order valence-corrected chi connectivity index (χ3v) is 6.87. The summed E-state index contributed by atoms with van der Waals surface area (Å²) in [6.45, 7) is 0.863. The summed E-state index contributed by atoms with van der Waals surface area (Å²) in [4.78, 5) is 17.0. The summed E-state index contributed by atoms with van der Waals surface area (Å²) in [5, 5.41) is 3.07. The van der Waals surface area contributed by atoms with Gasteiger partial charge in [0, 0.05) is 25.2 Å². The minimum absolute atomic E-state index is 0.0117. The Morgan fingerprint density at radius 2 is 1.90 bits per heavy atom. The molecule has 1 atom stereocenters. The minimum Gasteiger partial charge on any atom is -0.497 e. The number of ether oxygens (including phenoxy) is 1. The molecule has 0 saturated carbocycles. The van der Waals surface area contributed by atoms with Crippen LogP contribution in [0.4, 0.5) is 11.6 Å². The highest BCUT2D eigenvalue weighted by molar-refractivity contribution is 7.89. The summed E-state index contributed by atoms with van der Waals surface area (Å²) in [5.41, 5.74) is 1.49. The Kier molecular flexibility index (Phi) is 5.86. The first kappa shape index (κ1) is 20.2. The lowest BCUT2D eigenvalue weighted by molar-refractivity contribution is 0.312. The van der Waals surface area contributed by atoms with Crippen molar-refractivity contribution in [1.82, 2.24) is 24.2 Å². The normalized spacial score (nSPS) is 17.4. The number of sulfonamides is 1. The number of nitrogens with one attached hydrogen (secondary N) is 1. The number of benzene rings is 1. The van der Waals surface area contributed by atoms with Crippen LogP contribution < -0.4 is 10.1 Å². The molecule has 0 unspecified atom stereocenters. The predicted molar refractivity (Wildman–Crippen MR) is 111 cm³/mol. The maximum Gasteiger partial charge on any atom is 0.243 e.